The Balaban J connectivity index is 1.68. The Morgan fingerprint density at radius 1 is 1.10 bits per heavy atom. The minimum Gasteiger partial charge on any atom is -0.301 e. The number of carbonyl (C=O) groups excluding carboxylic acids is 1. The van der Waals surface area contributed by atoms with Gasteiger partial charge in [0.25, 0.3) is 5.91 Å². The first-order chi connectivity index (χ1) is 14.8. The van der Waals surface area contributed by atoms with Gasteiger partial charge in [-0.2, -0.15) is 4.31 Å². The molecule has 0 radical (unpaired) electrons. The van der Waals surface area contributed by atoms with Gasteiger partial charge in [-0.1, -0.05) is 53.7 Å². The van der Waals surface area contributed by atoms with Crippen LogP contribution in [-0.4, -0.2) is 42.6 Å². The minimum absolute atomic E-state index is 0.00373. The summed E-state index contributed by atoms with van der Waals surface area (Å²) >= 11 is 4.93. The van der Waals surface area contributed by atoms with E-state index in [4.69, 9.17) is 0 Å². The average molecular weight is 525 g/mol. The zero-order chi connectivity index (χ0) is 22.4. The van der Waals surface area contributed by atoms with Gasteiger partial charge in [-0.15, -0.1) is 0 Å². The van der Waals surface area contributed by atoms with Crippen LogP contribution in [0.1, 0.15) is 48.7 Å². The zero-order valence-corrected chi connectivity index (χ0v) is 20.8. The quantitative estimate of drug-likeness (QED) is 0.537. The van der Waals surface area contributed by atoms with Crippen molar-refractivity contribution in [2.75, 3.05) is 18.8 Å². The van der Waals surface area contributed by atoms with Gasteiger partial charge in [-0.25, -0.2) is 8.42 Å². The lowest BCUT2D eigenvalue weighted by atomic mass is 10.1. The maximum atomic E-state index is 12.9. The third kappa shape index (κ3) is 5.97. The van der Waals surface area contributed by atoms with Crippen LogP contribution in [0.4, 0.5) is 0 Å². The summed E-state index contributed by atoms with van der Waals surface area (Å²) in [7, 11) is -3.56. The van der Waals surface area contributed by atoms with Crippen molar-refractivity contribution in [2.24, 2.45) is 4.99 Å². The van der Waals surface area contributed by atoms with E-state index >= 15 is 0 Å². The van der Waals surface area contributed by atoms with E-state index in [1.54, 1.807) is 12.1 Å². The molecule has 0 saturated heterocycles. The number of hydrogen-bond donors (Lipinski definition) is 1. The monoisotopic (exact) mass is 523 g/mol. The summed E-state index contributed by atoms with van der Waals surface area (Å²) in [5.74, 6) is 0.463. The topological polar surface area (TPSA) is 78.8 Å². The standard InChI is InChI=1S/C22H26BrN3O3S2/c1-3-13-26(14-4-2)31(28,29)19-11-7-17(8-12-19)21(27)25-22-24-20(15-30-22)16-5-9-18(23)10-6-16/h5-12,20H,3-4,13-15H2,1-2H3,(H,24,25,27). The van der Waals surface area contributed by atoms with Crippen molar-refractivity contribution in [3.8, 4) is 0 Å². The van der Waals surface area contributed by atoms with Gasteiger partial charge in [-0.3, -0.25) is 9.79 Å². The molecule has 2 aromatic rings. The Kier molecular flexibility index (Phi) is 8.32. The van der Waals surface area contributed by atoms with Crippen LogP contribution in [0.2, 0.25) is 0 Å². The second-order valence-corrected chi connectivity index (χ2v) is 11.1. The highest BCUT2D eigenvalue weighted by atomic mass is 79.9. The summed E-state index contributed by atoms with van der Waals surface area (Å²) in [6.45, 7) is 4.87. The van der Waals surface area contributed by atoms with E-state index in [1.165, 1.54) is 28.2 Å². The highest BCUT2D eigenvalue weighted by Gasteiger charge is 2.24. The van der Waals surface area contributed by atoms with Gasteiger partial charge < -0.3 is 5.32 Å². The van der Waals surface area contributed by atoms with Crippen molar-refractivity contribution in [3.05, 3.63) is 64.1 Å². The van der Waals surface area contributed by atoms with Crippen LogP contribution in [0.25, 0.3) is 0 Å². The molecule has 1 heterocycles. The molecule has 9 heteroatoms. The maximum Gasteiger partial charge on any atom is 0.257 e. The summed E-state index contributed by atoms with van der Waals surface area (Å²) < 4.78 is 28.2. The molecule has 0 saturated carbocycles. The van der Waals surface area contributed by atoms with Gasteiger partial charge in [0.1, 0.15) is 0 Å². The number of thioether (sulfide) groups is 1. The number of amides is 1. The molecule has 6 nitrogen and oxygen atoms in total. The second-order valence-electron chi connectivity index (χ2n) is 7.20. The Bertz CT molecular complexity index is 1030. The summed E-state index contributed by atoms with van der Waals surface area (Å²) in [6.07, 6.45) is 1.50. The van der Waals surface area contributed by atoms with Gasteiger partial charge in [0, 0.05) is 28.9 Å². The van der Waals surface area contributed by atoms with Crippen LogP contribution >= 0.6 is 27.7 Å². The molecule has 2 aromatic carbocycles. The number of nitrogens with zero attached hydrogens (tertiary/aromatic N) is 2. The molecule has 1 amide bonds. The Hall–Kier alpha value is -1.68. The number of rotatable bonds is 8. The summed E-state index contributed by atoms with van der Waals surface area (Å²) in [5, 5.41) is 3.41. The molecule has 0 aromatic heterocycles. The number of nitrogens with one attached hydrogen (secondary N) is 1. The number of aliphatic imine (C=N–C) groups is 1. The molecular weight excluding hydrogens is 498 g/mol. The van der Waals surface area contributed by atoms with Crippen LogP contribution in [0.5, 0.6) is 0 Å². The highest BCUT2D eigenvalue weighted by Crippen LogP contribution is 2.30. The van der Waals surface area contributed by atoms with Crippen molar-refractivity contribution >= 4 is 48.8 Å². The zero-order valence-electron chi connectivity index (χ0n) is 17.5. The van der Waals surface area contributed by atoms with E-state index in [-0.39, 0.29) is 16.8 Å². The van der Waals surface area contributed by atoms with Crippen LogP contribution in [-0.2, 0) is 10.0 Å². The summed E-state index contributed by atoms with van der Waals surface area (Å²) in [6, 6.07) is 14.1. The molecule has 1 aliphatic heterocycles. The lowest BCUT2D eigenvalue weighted by Gasteiger charge is -2.21. The molecule has 1 N–H and O–H groups in total. The highest BCUT2D eigenvalue weighted by molar-refractivity contribution is 9.10. The van der Waals surface area contributed by atoms with Crippen molar-refractivity contribution in [3.63, 3.8) is 0 Å². The molecule has 0 bridgehead atoms. The van der Waals surface area contributed by atoms with E-state index in [1.807, 2.05) is 38.1 Å². The molecule has 1 atom stereocenters. The van der Waals surface area contributed by atoms with E-state index < -0.39 is 10.0 Å². The summed E-state index contributed by atoms with van der Waals surface area (Å²) in [5.41, 5.74) is 1.49. The smallest absolute Gasteiger partial charge is 0.257 e. The SMILES string of the molecule is CCCN(CCC)S(=O)(=O)c1ccc(C(=O)NC2=NC(c3ccc(Br)cc3)CS2)cc1. The van der Waals surface area contributed by atoms with Crippen LogP contribution in [0.3, 0.4) is 0 Å². The number of hydrogen-bond acceptors (Lipinski definition) is 5. The van der Waals surface area contributed by atoms with Crippen molar-refractivity contribution in [1.82, 2.24) is 9.62 Å². The van der Waals surface area contributed by atoms with E-state index in [2.05, 4.69) is 26.2 Å². The first-order valence-corrected chi connectivity index (χ1v) is 13.4. The van der Waals surface area contributed by atoms with Crippen LogP contribution in [0, 0.1) is 0 Å². The lowest BCUT2D eigenvalue weighted by Crippen LogP contribution is -2.32. The molecule has 0 spiro atoms. The minimum atomic E-state index is -3.56. The molecule has 166 valence electrons. The van der Waals surface area contributed by atoms with E-state index in [0.29, 0.717) is 23.8 Å². The van der Waals surface area contributed by atoms with Crippen LogP contribution < -0.4 is 5.32 Å². The number of amidine groups is 1. The fourth-order valence-electron chi connectivity index (χ4n) is 3.25. The first-order valence-electron chi connectivity index (χ1n) is 10.2. The third-order valence-corrected chi connectivity index (χ3v) is 8.23. The fourth-order valence-corrected chi connectivity index (χ4v) is 6.08. The Morgan fingerprint density at radius 3 is 2.29 bits per heavy atom. The van der Waals surface area contributed by atoms with Gasteiger partial charge in [0.2, 0.25) is 10.0 Å². The molecular formula is C22H26BrN3O3S2. The van der Waals surface area contributed by atoms with Gasteiger partial charge >= 0.3 is 0 Å². The van der Waals surface area contributed by atoms with Gasteiger partial charge in [0.15, 0.2) is 5.17 Å². The first kappa shape index (κ1) is 24.0. The molecule has 0 fully saturated rings. The van der Waals surface area contributed by atoms with Crippen molar-refractivity contribution < 1.29 is 13.2 Å². The van der Waals surface area contributed by atoms with Crippen LogP contribution in [0.15, 0.2) is 62.9 Å². The molecule has 3 rings (SSSR count). The normalized spacial score (nSPS) is 16.4. The number of halogens is 1. The number of sulfonamides is 1. The molecule has 31 heavy (non-hydrogen) atoms. The number of carbonyl (C=O) groups is 1. The summed E-state index contributed by atoms with van der Waals surface area (Å²) in [4.78, 5) is 17.4. The third-order valence-electron chi connectivity index (χ3n) is 4.83. The molecule has 1 unspecified atom stereocenters. The maximum absolute atomic E-state index is 12.9. The Labute approximate surface area is 196 Å². The number of benzene rings is 2. The van der Waals surface area contributed by atoms with E-state index in [9.17, 15) is 13.2 Å². The fraction of sp³-hybridized carbons (Fsp3) is 0.364. The lowest BCUT2D eigenvalue weighted by molar-refractivity contribution is 0.0978. The molecule has 0 aliphatic carbocycles. The average Bonchev–Trinajstić information content (AvgIpc) is 3.22. The Morgan fingerprint density at radius 2 is 1.71 bits per heavy atom. The molecule has 1 aliphatic rings. The second kappa shape index (κ2) is 10.8. The van der Waals surface area contributed by atoms with Gasteiger partial charge in [-0.05, 0) is 54.8 Å². The van der Waals surface area contributed by atoms with E-state index in [0.717, 1.165) is 28.6 Å². The predicted octanol–water partition coefficient (Wildman–Crippen LogP) is 4.83. The largest absolute Gasteiger partial charge is 0.301 e. The van der Waals surface area contributed by atoms with Crippen molar-refractivity contribution in [2.45, 2.75) is 37.6 Å². The van der Waals surface area contributed by atoms with Gasteiger partial charge in [0.05, 0.1) is 10.9 Å². The predicted molar refractivity (Wildman–Crippen MR) is 130 cm³/mol. The van der Waals surface area contributed by atoms with Crippen molar-refractivity contribution in [1.29, 1.82) is 0 Å².